The van der Waals surface area contributed by atoms with Gasteiger partial charge in [0.05, 0.1) is 11.9 Å². The number of aromatic amines is 1. The third-order valence-electron chi connectivity index (χ3n) is 4.34. The SMILES string of the molecule is Cc1c(N2Cc3ccnc(OCc4cccnc4)c3C2)cn[nH]c1=O. The molecule has 3 aromatic heterocycles. The van der Waals surface area contributed by atoms with E-state index in [0.29, 0.717) is 31.1 Å². The van der Waals surface area contributed by atoms with Crippen LogP contribution in [0.25, 0.3) is 0 Å². The number of nitrogens with zero attached hydrogens (tertiary/aromatic N) is 4. The monoisotopic (exact) mass is 335 g/mol. The van der Waals surface area contributed by atoms with Gasteiger partial charge in [0.2, 0.25) is 5.88 Å². The molecule has 7 heteroatoms. The number of pyridine rings is 2. The highest BCUT2D eigenvalue weighted by molar-refractivity contribution is 5.55. The molecule has 0 atom stereocenters. The first kappa shape index (κ1) is 15.3. The first-order chi connectivity index (χ1) is 12.2. The van der Waals surface area contributed by atoms with Crippen LogP contribution in [0, 0.1) is 6.92 Å². The van der Waals surface area contributed by atoms with Crippen LogP contribution in [-0.2, 0) is 19.7 Å². The van der Waals surface area contributed by atoms with Crippen LogP contribution in [0.3, 0.4) is 0 Å². The van der Waals surface area contributed by atoms with Crippen LogP contribution in [0.1, 0.15) is 22.3 Å². The lowest BCUT2D eigenvalue weighted by molar-refractivity contribution is 0.290. The van der Waals surface area contributed by atoms with Gasteiger partial charge in [-0.25, -0.2) is 10.1 Å². The maximum Gasteiger partial charge on any atom is 0.269 e. The zero-order chi connectivity index (χ0) is 17.2. The van der Waals surface area contributed by atoms with Gasteiger partial charge in [0, 0.05) is 48.4 Å². The smallest absolute Gasteiger partial charge is 0.269 e. The second kappa shape index (κ2) is 6.35. The van der Waals surface area contributed by atoms with E-state index in [1.54, 1.807) is 31.7 Å². The molecule has 1 aliphatic rings. The van der Waals surface area contributed by atoms with Crippen LogP contribution in [0.2, 0.25) is 0 Å². The van der Waals surface area contributed by atoms with Crippen LogP contribution in [0.4, 0.5) is 5.69 Å². The number of hydrogen-bond donors (Lipinski definition) is 1. The van der Waals surface area contributed by atoms with Crippen molar-refractivity contribution in [3.8, 4) is 5.88 Å². The van der Waals surface area contributed by atoms with Gasteiger partial charge in [0.15, 0.2) is 0 Å². The van der Waals surface area contributed by atoms with E-state index < -0.39 is 0 Å². The van der Waals surface area contributed by atoms with Crippen LogP contribution in [-0.4, -0.2) is 20.2 Å². The molecule has 4 heterocycles. The molecule has 0 aliphatic carbocycles. The van der Waals surface area contributed by atoms with E-state index >= 15 is 0 Å². The number of ether oxygens (including phenoxy) is 1. The fourth-order valence-corrected chi connectivity index (χ4v) is 2.98. The van der Waals surface area contributed by atoms with Gasteiger partial charge in [-0.15, -0.1) is 0 Å². The standard InChI is InChI=1S/C18H17N5O2/c1-12-16(8-21-22-17(12)24)23-9-14-4-6-20-18(15(14)10-23)25-11-13-3-2-5-19-7-13/h2-8H,9-11H2,1H3,(H,22,24). The van der Waals surface area contributed by atoms with Gasteiger partial charge in [-0.05, 0) is 24.6 Å². The van der Waals surface area contributed by atoms with Crippen molar-refractivity contribution >= 4 is 5.69 Å². The number of fused-ring (bicyclic) bond motifs is 1. The van der Waals surface area contributed by atoms with Crippen molar-refractivity contribution < 1.29 is 4.74 Å². The van der Waals surface area contributed by atoms with Crippen molar-refractivity contribution in [3.05, 3.63) is 75.6 Å². The van der Waals surface area contributed by atoms with Crippen molar-refractivity contribution in [2.45, 2.75) is 26.6 Å². The third-order valence-corrected chi connectivity index (χ3v) is 4.34. The zero-order valence-electron chi connectivity index (χ0n) is 13.8. The molecular formula is C18H17N5O2. The molecule has 0 spiro atoms. The van der Waals surface area contributed by atoms with Crippen molar-refractivity contribution in [3.63, 3.8) is 0 Å². The molecule has 0 saturated heterocycles. The predicted octanol–water partition coefficient (Wildman–Crippen LogP) is 1.97. The Balaban J connectivity index is 1.57. The lowest BCUT2D eigenvalue weighted by Crippen LogP contribution is -2.21. The fraction of sp³-hybridized carbons (Fsp3) is 0.222. The maximum atomic E-state index is 11.8. The molecule has 7 nitrogen and oxygen atoms in total. The summed E-state index contributed by atoms with van der Waals surface area (Å²) in [5.74, 6) is 0.624. The summed E-state index contributed by atoms with van der Waals surface area (Å²) in [5.41, 5.74) is 4.51. The molecule has 126 valence electrons. The van der Waals surface area contributed by atoms with Gasteiger partial charge >= 0.3 is 0 Å². The highest BCUT2D eigenvalue weighted by Gasteiger charge is 2.25. The summed E-state index contributed by atoms with van der Waals surface area (Å²) in [6.45, 7) is 3.56. The average Bonchev–Trinajstić information content (AvgIpc) is 3.07. The minimum Gasteiger partial charge on any atom is -0.472 e. The van der Waals surface area contributed by atoms with E-state index in [-0.39, 0.29) is 5.56 Å². The van der Waals surface area contributed by atoms with E-state index in [4.69, 9.17) is 4.74 Å². The summed E-state index contributed by atoms with van der Waals surface area (Å²) in [4.78, 5) is 22.4. The number of aromatic nitrogens is 4. The van der Waals surface area contributed by atoms with Crippen LogP contribution in [0.15, 0.2) is 47.8 Å². The average molecular weight is 335 g/mol. The van der Waals surface area contributed by atoms with Gasteiger partial charge in [-0.1, -0.05) is 6.07 Å². The van der Waals surface area contributed by atoms with Gasteiger partial charge in [0.25, 0.3) is 5.56 Å². The Bertz CT molecular complexity index is 955. The Morgan fingerprint density at radius 2 is 2.16 bits per heavy atom. The molecule has 0 unspecified atom stereocenters. The first-order valence-corrected chi connectivity index (χ1v) is 8.00. The van der Waals surface area contributed by atoms with Crippen molar-refractivity contribution in [1.82, 2.24) is 20.2 Å². The highest BCUT2D eigenvalue weighted by Crippen LogP contribution is 2.33. The lowest BCUT2D eigenvalue weighted by Gasteiger charge is -2.18. The molecule has 4 rings (SSSR count). The topological polar surface area (TPSA) is 84.0 Å². The maximum absolute atomic E-state index is 11.8. The Hall–Kier alpha value is -3.22. The number of hydrogen-bond acceptors (Lipinski definition) is 6. The van der Waals surface area contributed by atoms with Gasteiger partial charge < -0.3 is 9.64 Å². The second-order valence-electron chi connectivity index (χ2n) is 5.97. The summed E-state index contributed by atoms with van der Waals surface area (Å²) in [6, 6.07) is 5.84. The van der Waals surface area contributed by atoms with Crippen molar-refractivity contribution in [2.24, 2.45) is 0 Å². The Labute approximate surface area is 144 Å². The fourth-order valence-electron chi connectivity index (χ4n) is 2.98. The Morgan fingerprint density at radius 3 is 3.00 bits per heavy atom. The molecule has 0 aromatic carbocycles. The van der Waals surface area contributed by atoms with Gasteiger partial charge in [-0.2, -0.15) is 5.10 Å². The van der Waals surface area contributed by atoms with Crippen molar-refractivity contribution in [2.75, 3.05) is 4.90 Å². The van der Waals surface area contributed by atoms with E-state index in [1.165, 1.54) is 0 Å². The number of nitrogens with one attached hydrogen (secondary N) is 1. The lowest BCUT2D eigenvalue weighted by atomic mass is 10.2. The molecule has 0 bridgehead atoms. The van der Waals surface area contributed by atoms with Crippen LogP contribution < -0.4 is 15.2 Å². The summed E-state index contributed by atoms with van der Waals surface area (Å²) in [7, 11) is 0. The minimum absolute atomic E-state index is 0.167. The van der Waals surface area contributed by atoms with Crippen molar-refractivity contribution in [1.29, 1.82) is 0 Å². The normalized spacial score (nSPS) is 12.9. The minimum atomic E-state index is -0.167. The molecule has 0 saturated carbocycles. The van der Waals surface area contributed by atoms with E-state index in [2.05, 4.69) is 25.1 Å². The van der Waals surface area contributed by atoms with Crippen LogP contribution in [0.5, 0.6) is 5.88 Å². The molecule has 25 heavy (non-hydrogen) atoms. The second-order valence-corrected chi connectivity index (χ2v) is 5.97. The van der Waals surface area contributed by atoms with E-state index in [9.17, 15) is 4.79 Å². The quantitative estimate of drug-likeness (QED) is 0.785. The summed E-state index contributed by atoms with van der Waals surface area (Å²) >= 11 is 0. The van der Waals surface area contributed by atoms with Gasteiger partial charge in [-0.3, -0.25) is 9.78 Å². The molecule has 1 N–H and O–H groups in total. The number of anilines is 1. The Morgan fingerprint density at radius 1 is 1.24 bits per heavy atom. The summed E-state index contributed by atoms with van der Waals surface area (Å²) in [5, 5.41) is 6.38. The Kier molecular flexibility index (Phi) is 3.89. The van der Waals surface area contributed by atoms with Gasteiger partial charge in [0.1, 0.15) is 6.61 Å². The molecule has 3 aromatic rings. The van der Waals surface area contributed by atoms with Crippen LogP contribution >= 0.6 is 0 Å². The number of H-pyrrole nitrogens is 1. The molecule has 0 amide bonds. The highest BCUT2D eigenvalue weighted by atomic mass is 16.5. The predicted molar refractivity (Wildman–Crippen MR) is 92.3 cm³/mol. The molecule has 1 aliphatic heterocycles. The largest absolute Gasteiger partial charge is 0.472 e. The van der Waals surface area contributed by atoms with E-state index in [0.717, 1.165) is 22.4 Å². The number of rotatable bonds is 4. The third kappa shape index (κ3) is 2.96. The molecule has 0 fully saturated rings. The van der Waals surface area contributed by atoms with E-state index in [1.807, 2.05) is 18.2 Å². The molecular weight excluding hydrogens is 318 g/mol. The summed E-state index contributed by atoms with van der Waals surface area (Å²) < 4.78 is 5.91. The summed E-state index contributed by atoms with van der Waals surface area (Å²) in [6.07, 6.45) is 6.95. The first-order valence-electron chi connectivity index (χ1n) is 8.00. The zero-order valence-corrected chi connectivity index (χ0v) is 13.8. The molecule has 0 radical (unpaired) electrons.